The number of halogens is 2. The van der Waals surface area contributed by atoms with Crippen molar-refractivity contribution in [3.63, 3.8) is 0 Å². The summed E-state index contributed by atoms with van der Waals surface area (Å²) < 4.78 is 15.0. The fourth-order valence-corrected chi connectivity index (χ4v) is 3.34. The normalized spacial score (nSPS) is 11.1. The van der Waals surface area contributed by atoms with Crippen LogP contribution in [0.5, 0.6) is 0 Å². The maximum atomic E-state index is 13.3. The maximum absolute atomic E-state index is 13.3. The lowest BCUT2D eigenvalue weighted by Crippen LogP contribution is -1.96. The van der Waals surface area contributed by atoms with Crippen molar-refractivity contribution in [2.24, 2.45) is 0 Å². The van der Waals surface area contributed by atoms with E-state index in [-0.39, 0.29) is 5.82 Å². The Bertz CT molecular complexity index is 1030. The molecule has 4 rings (SSSR count). The summed E-state index contributed by atoms with van der Waals surface area (Å²) in [5.74, 6) is 1.06. The molecule has 2 heterocycles. The first-order chi connectivity index (χ1) is 12.2. The standard InChI is InChI=1S/C18H12ClFN4S/c19-14-6-4-13(5-7-14)18-22-21-16-8-9-17(23-24(16)18)25-11-12-2-1-3-15(20)10-12/h1-10H,11H2. The molecule has 0 saturated heterocycles. The Hall–Kier alpha value is -2.44. The highest BCUT2D eigenvalue weighted by Gasteiger charge is 2.10. The quantitative estimate of drug-likeness (QED) is 0.480. The van der Waals surface area contributed by atoms with Crippen LogP contribution in [0.4, 0.5) is 4.39 Å². The van der Waals surface area contributed by atoms with Crippen LogP contribution in [0.25, 0.3) is 17.0 Å². The fourth-order valence-electron chi connectivity index (χ4n) is 2.41. The van der Waals surface area contributed by atoms with E-state index >= 15 is 0 Å². The van der Waals surface area contributed by atoms with E-state index in [1.165, 1.54) is 23.9 Å². The van der Waals surface area contributed by atoms with Gasteiger partial charge in [0.1, 0.15) is 10.8 Å². The Labute approximate surface area is 152 Å². The van der Waals surface area contributed by atoms with Crippen LogP contribution in [0.3, 0.4) is 0 Å². The number of rotatable bonds is 4. The van der Waals surface area contributed by atoms with Crippen molar-refractivity contribution >= 4 is 29.0 Å². The highest BCUT2D eigenvalue weighted by molar-refractivity contribution is 7.98. The second-order valence-corrected chi connectivity index (χ2v) is 6.82. The van der Waals surface area contributed by atoms with Crippen LogP contribution in [-0.2, 0) is 5.75 Å². The number of thioether (sulfide) groups is 1. The molecule has 4 aromatic rings. The summed E-state index contributed by atoms with van der Waals surface area (Å²) in [5, 5.41) is 14.4. The van der Waals surface area contributed by atoms with Crippen LogP contribution in [0, 0.1) is 5.82 Å². The van der Waals surface area contributed by atoms with Crippen molar-refractivity contribution in [2.75, 3.05) is 0 Å². The van der Waals surface area contributed by atoms with Crippen molar-refractivity contribution in [2.45, 2.75) is 10.8 Å². The molecule has 0 saturated carbocycles. The predicted octanol–water partition coefficient (Wildman–Crippen LogP) is 4.88. The Morgan fingerprint density at radius 1 is 1.00 bits per heavy atom. The highest BCUT2D eigenvalue weighted by atomic mass is 35.5. The second-order valence-electron chi connectivity index (χ2n) is 5.39. The predicted molar refractivity (Wildman–Crippen MR) is 97.2 cm³/mol. The first kappa shape index (κ1) is 16.1. The molecule has 0 aliphatic carbocycles. The van der Waals surface area contributed by atoms with E-state index < -0.39 is 0 Å². The lowest BCUT2D eigenvalue weighted by molar-refractivity contribution is 0.626. The minimum absolute atomic E-state index is 0.231. The van der Waals surface area contributed by atoms with Gasteiger partial charge in [-0.1, -0.05) is 35.5 Å². The van der Waals surface area contributed by atoms with E-state index in [4.69, 9.17) is 11.6 Å². The van der Waals surface area contributed by atoms with E-state index in [2.05, 4.69) is 15.3 Å². The zero-order chi connectivity index (χ0) is 17.2. The topological polar surface area (TPSA) is 43.1 Å². The van der Waals surface area contributed by atoms with E-state index in [0.29, 0.717) is 22.2 Å². The molecule has 25 heavy (non-hydrogen) atoms. The molecule has 0 spiro atoms. The summed E-state index contributed by atoms with van der Waals surface area (Å²) in [5.41, 5.74) is 2.46. The second kappa shape index (κ2) is 6.82. The van der Waals surface area contributed by atoms with Gasteiger partial charge in [0.05, 0.1) is 0 Å². The molecule has 0 N–H and O–H groups in total. The molecule has 0 radical (unpaired) electrons. The molecular formula is C18H12ClFN4S. The molecule has 4 nitrogen and oxygen atoms in total. The number of hydrogen-bond acceptors (Lipinski definition) is 4. The third-order valence-electron chi connectivity index (χ3n) is 3.62. The number of fused-ring (bicyclic) bond motifs is 1. The Morgan fingerprint density at radius 3 is 2.64 bits per heavy atom. The highest BCUT2D eigenvalue weighted by Crippen LogP contribution is 2.24. The van der Waals surface area contributed by atoms with Gasteiger partial charge in [-0.3, -0.25) is 0 Å². The molecular weight excluding hydrogens is 359 g/mol. The lowest BCUT2D eigenvalue weighted by atomic mass is 10.2. The smallest absolute Gasteiger partial charge is 0.185 e. The molecule has 0 fully saturated rings. The van der Waals surface area contributed by atoms with Crippen molar-refractivity contribution < 1.29 is 4.39 Å². The fraction of sp³-hybridized carbons (Fsp3) is 0.0556. The molecule has 0 aliphatic heterocycles. The number of nitrogens with zero attached hydrogens (tertiary/aromatic N) is 4. The van der Waals surface area contributed by atoms with Gasteiger partial charge in [-0.15, -0.1) is 10.2 Å². The van der Waals surface area contributed by atoms with Gasteiger partial charge < -0.3 is 0 Å². The molecule has 2 aromatic heterocycles. The largest absolute Gasteiger partial charge is 0.207 e. The molecule has 0 amide bonds. The number of hydrogen-bond donors (Lipinski definition) is 0. The summed E-state index contributed by atoms with van der Waals surface area (Å²) in [7, 11) is 0. The Balaban J connectivity index is 1.63. The maximum Gasteiger partial charge on any atom is 0.185 e. The van der Waals surface area contributed by atoms with Gasteiger partial charge in [0, 0.05) is 16.3 Å². The van der Waals surface area contributed by atoms with E-state index in [1.54, 1.807) is 22.7 Å². The number of aromatic nitrogens is 4. The van der Waals surface area contributed by atoms with Gasteiger partial charge in [0.2, 0.25) is 0 Å². The van der Waals surface area contributed by atoms with Gasteiger partial charge in [-0.05, 0) is 54.1 Å². The van der Waals surface area contributed by atoms with Gasteiger partial charge >= 0.3 is 0 Å². The zero-order valence-electron chi connectivity index (χ0n) is 12.9. The SMILES string of the molecule is Fc1cccc(CSc2ccc3nnc(-c4ccc(Cl)cc4)n3n2)c1. The monoisotopic (exact) mass is 370 g/mol. The first-order valence-corrected chi connectivity index (χ1v) is 8.91. The van der Waals surface area contributed by atoms with Crippen LogP contribution >= 0.6 is 23.4 Å². The summed E-state index contributed by atoms with van der Waals surface area (Å²) in [4.78, 5) is 0. The summed E-state index contributed by atoms with van der Waals surface area (Å²) in [6, 6.07) is 17.7. The lowest BCUT2D eigenvalue weighted by Gasteiger charge is -2.04. The van der Waals surface area contributed by atoms with Gasteiger partial charge in [0.25, 0.3) is 0 Å². The van der Waals surface area contributed by atoms with Crippen LogP contribution in [-0.4, -0.2) is 19.8 Å². The number of benzene rings is 2. The molecule has 0 atom stereocenters. The van der Waals surface area contributed by atoms with Crippen molar-refractivity contribution in [3.8, 4) is 11.4 Å². The average Bonchev–Trinajstić information content (AvgIpc) is 3.04. The Kier molecular flexibility index (Phi) is 4.38. The molecule has 2 aromatic carbocycles. The summed E-state index contributed by atoms with van der Waals surface area (Å²) in [6.45, 7) is 0. The molecule has 0 unspecified atom stereocenters. The van der Waals surface area contributed by atoms with Crippen LogP contribution in [0.15, 0.2) is 65.7 Å². The average molecular weight is 371 g/mol. The molecule has 7 heteroatoms. The van der Waals surface area contributed by atoms with Gasteiger partial charge in [-0.25, -0.2) is 4.39 Å². The van der Waals surface area contributed by atoms with E-state index in [1.807, 2.05) is 30.3 Å². The van der Waals surface area contributed by atoms with Crippen LogP contribution < -0.4 is 0 Å². The Morgan fingerprint density at radius 2 is 1.84 bits per heavy atom. The van der Waals surface area contributed by atoms with Crippen molar-refractivity contribution in [3.05, 3.63) is 77.1 Å². The van der Waals surface area contributed by atoms with E-state index in [9.17, 15) is 4.39 Å². The summed E-state index contributed by atoms with van der Waals surface area (Å²) in [6.07, 6.45) is 0. The third-order valence-corrected chi connectivity index (χ3v) is 4.86. The minimum Gasteiger partial charge on any atom is -0.207 e. The summed E-state index contributed by atoms with van der Waals surface area (Å²) >= 11 is 7.47. The van der Waals surface area contributed by atoms with Crippen LogP contribution in [0.1, 0.15) is 5.56 Å². The molecule has 124 valence electrons. The first-order valence-electron chi connectivity index (χ1n) is 7.55. The van der Waals surface area contributed by atoms with Crippen molar-refractivity contribution in [1.82, 2.24) is 19.8 Å². The van der Waals surface area contributed by atoms with Crippen molar-refractivity contribution in [1.29, 1.82) is 0 Å². The minimum atomic E-state index is -0.231. The third kappa shape index (κ3) is 3.50. The zero-order valence-corrected chi connectivity index (χ0v) is 14.5. The van der Waals surface area contributed by atoms with Gasteiger partial charge in [-0.2, -0.15) is 9.61 Å². The van der Waals surface area contributed by atoms with Gasteiger partial charge in [0.15, 0.2) is 11.5 Å². The molecule has 0 bridgehead atoms. The van der Waals surface area contributed by atoms with Crippen LogP contribution in [0.2, 0.25) is 5.02 Å². The molecule has 0 aliphatic rings. The van der Waals surface area contributed by atoms with E-state index in [0.717, 1.165) is 16.2 Å².